The van der Waals surface area contributed by atoms with Crippen molar-refractivity contribution >= 4 is 23.4 Å². The number of furan rings is 1. The Hall–Kier alpha value is -3.13. The summed E-state index contributed by atoms with van der Waals surface area (Å²) in [5, 5.41) is 8.26. The van der Waals surface area contributed by atoms with Crippen molar-refractivity contribution in [2.24, 2.45) is 0 Å². The molecular formula is C20H26N4O4. The van der Waals surface area contributed by atoms with Gasteiger partial charge in [0.05, 0.1) is 37.1 Å². The number of amides is 3. The quantitative estimate of drug-likeness (QED) is 0.607. The maximum Gasteiger partial charge on any atom is 0.253 e. The van der Waals surface area contributed by atoms with Gasteiger partial charge in [0.25, 0.3) is 5.91 Å². The predicted molar refractivity (Wildman–Crippen MR) is 106 cm³/mol. The van der Waals surface area contributed by atoms with Crippen LogP contribution in [0.3, 0.4) is 0 Å². The number of benzene rings is 1. The molecule has 0 spiro atoms. The zero-order valence-electron chi connectivity index (χ0n) is 16.3. The fourth-order valence-corrected chi connectivity index (χ4v) is 2.57. The van der Waals surface area contributed by atoms with Gasteiger partial charge in [-0.25, -0.2) is 0 Å². The minimum absolute atomic E-state index is 0.0217. The highest BCUT2D eigenvalue weighted by molar-refractivity contribution is 6.04. The Morgan fingerprint density at radius 2 is 1.75 bits per heavy atom. The normalized spacial score (nSPS) is 10.8. The van der Waals surface area contributed by atoms with Gasteiger partial charge in [-0.3, -0.25) is 19.3 Å². The summed E-state index contributed by atoms with van der Waals surface area (Å²) in [5.74, 6) is -0.151. The number of para-hydroxylation sites is 1. The molecule has 1 aromatic carbocycles. The summed E-state index contributed by atoms with van der Waals surface area (Å²) in [5.41, 5.74) is 0.757. The average Bonchev–Trinajstić information content (AvgIpc) is 3.12. The molecule has 1 heterocycles. The number of nitrogens with zero attached hydrogens (tertiary/aromatic N) is 1. The molecule has 0 aliphatic rings. The van der Waals surface area contributed by atoms with Crippen LogP contribution in [0, 0.1) is 0 Å². The van der Waals surface area contributed by atoms with Gasteiger partial charge in [0, 0.05) is 6.04 Å². The summed E-state index contributed by atoms with van der Waals surface area (Å²) in [4.78, 5) is 38.1. The lowest BCUT2D eigenvalue weighted by Crippen LogP contribution is -2.41. The first-order valence-corrected chi connectivity index (χ1v) is 9.02. The van der Waals surface area contributed by atoms with Crippen LogP contribution in [0.25, 0.3) is 0 Å². The maximum atomic E-state index is 12.4. The van der Waals surface area contributed by atoms with E-state index in [1.54, 1.807) is 48.3 Å². The Morgan fingerprint density at radius 3 is 2.43 bits per heavy atom. The SMILES string of the molecule is CC(C)NC(=O)CN(C)CC(=O)Nc1ccccc1C(=O)NCc1ccco1. The molecule has 0 aliphatic heterocycles. The van der Waals surface area contributed by atoms with Gasteiger partial charge >= 0.3 is 0 Å². The van der Waals surface area contributed by atoms with Crippen molar-refractivity contribution in [2.75, 3.05) is 25.5 Å². The third-order valence-electron chi connectivity index (χ3n) is 3.73. The van der Waals surface area contributed by atoms with Gasteiger partial charge in [0.1, 0.15) is 5.76 Å². The summed E-state index contributed by atoms with van der Waals surface area (Å²) in [7, 11) is 1.68. The number of rotatable bonds is 9. The van der Waals surface area contributed by atoms with Gasteiger partial charge in [-0.05, 0) is 45.2 Å². The second-order valence-electron chi connectivity index (χ2n) is 6.75. The van der Waals surface area contributed by atoms with Crippen molar-refractivity contribution in [3.8, 4) is 0 Å². The molecule has 0 saturated carbocycles. The Labute approximate surface area is 164 Å². The second-order valence-corrected chi connectivity index (χ2v) is 6.75. The molecule has 2 rings (SSSR count). The van der Waals surface area contributed by atoms with Crippen LogP contribution < -0.4 is 16.0 Å². The largest absolute Gasteiger partial charge is 0.467 e. The first-order valence-electron chi connectivity index (χ1n) is 9.02. The van der Waals surface area contributed by atoms with E-state index in [4.69, 9.17) is 4.42 Å². The van der Waals surface area contributed by atoms with E-state index in [-0.39, 0.29) is 43.4 Å². The average molecular weight is 386 g/mol. The second kappa shape index (κ2) is 10.3. The van der Waals surface area contributed by atoms with Crippen molar-refractivity contribution in [2.45, 2.75) is 26.4 Å². The van der Waals surface area contributed by atoms with Crippen molar-refractivity contribution in [3.05, 3.63) is 54.0 Å². The van der Waals surface area contributed by atoms with Gasteiger partial charge in [-0.2, -0.15) is 0 Å². The zero-order valence-corrected chi connectivity index (χ0v) is 16.3. The third-order valence-corrected chi connectivity index (χ3v) is 3.73. The molecule has 150 valence electrons. The number of hydrogen-bond donors (Lipinski definition) is 3. The molecule has 0 bridgehead atoms. The summed E-state index contributed by atoms with van der Waals surface area (Å²) in [6, 6.07) is 10.3. The molecule has 0 unspecified atom stereocenters. The fraction of sp³-hybridized carbons (Fsp3) is 0.350. The van der Waals surface area contributed by atoms with Crippen molar-refractivity contribution < 1.29 is 18.8 Å². The molecule has 0 atom stereocenters. The number of anilines is 1. The number of carbonyl (C=O) groups excluding carboxylic acids is 3. The molecular weight excluding hydrogens is 360 g/mol. The first kappa shape index (κ1) is 21.2. The highest BCUT2D eigenvalue weighted by atomic mass is 16.3. The van der Waals surface area contributed by atoms with Gasteiger partial charge < -0.3 is 20.4 Å². The van der Waals surface area contributed by atoms with Crippen LogP contribution in [-0.2, 0) is 16.1 Å². The summed E-state index contributed by atoms with van der Waals surface area (Å²) in [6.45, 7) is 4.13. The van der Waals surface area contributed by atoms with E-state index in [1.165, 1.54) is 6.26 Å². The number of carbonyl (C=O) groups is 3. The Kier molecular flexibility index (Phi) is 7.76. The van der Waals surface area contributed by atoms with Gasteiger partial charge in [-0.15, -0.1) is 0 Å². The van der Waals surface area contributed by atoms with Gasteiger partial charge in [0.15, 0.2) is 0 Å². The molecule has 8 heteroatoms. The highest BCUT2D eigenvalue weighted by Crippen LogP contribution is 2.15. The fourth-order valence-electron chi connectivity index (χ4n) is 2.57. The standard InChI is InChI=1S/C20H26N4O4/c1-14(2)22-18(25)12-24(3)13-19(26)23-17-9-5-4-8-16(17)20(27)21-11-15-7-6-10-28-15/h4-10,14H,11-13H2,1-3H3,(H,21,27)(H,22,25)(H,23,26). The minimum atomic E-state index is -0.322. The predicted octanol–water partition coefficient (Wildman–Crippen LogP) is 1.60. The molecule has 3 amide bonds. The van der Waals surface area contributed by atoms with E-state index < -0.39 is 0 Å². The van der Waals surface area contributed by atoms with Crippen LogP contribution in [0.2, 0.25) is 0 Å². The molecule has 0 saturated heterocycles. The lowest BCUT2D eigenvalue weighted by molar-refractivity contribution is -0.123. The van der Waals surface area contributed by atoms with Crippen molar-refractivity contribution in [1.82, 2.24) is 15.5 Å². The first-order chi connectivity index (χ1) is 13.3. The Balaban J connectivity index is 1.91. The molecule has 28 heavy (non-hydrogen) atoms. The Bertz CT molecular complexity index is 802. The van der Waals surface area contributed by atoms with Gasteiger partial charge in [0.2, 0.25) is 11.8 Å². The van der Waals surface area contributed by atoms with E-state index >= 15 is 0 Å². The van der Waals surface area contributed by atoms with E-state index in [2.05, 4.69) is 16.0 Å². The molecule has 0 radical (unpaired) electrons. The molecule has 8 nitrogen and oxygen atoms in total. The number of nitrogens with one attached hydrogen (secondary N) is 3. The maximum absolute atomic E-state index is 12.4. The monoisotopic (exact) mass is 386 g/mol. The van der Waals surface area contributed by atoms with Crippen LogP contribution in [0.5, 0.6) is 0 Å². The van der Waals surface area contributed by atoms with E-state index in [1.807, 2.05) is 13.8 Å². The van der Waals surface area contributed by atoms with Crippen molar-refractivity contribution in [1.29, 1.82) is 0 Å². The minimum Gasteiger partial charge on any atom is -0.467 e. The lowest BCUT2D eigenvalue weighted by Gasteiger charge is -2.17. The van der Waals surface area contributed by atoms with E-state index in [0.717, 1.165) is 0 Å². The third kappa shape index (κ3) is 6.88. The van der Waals surface area contributed by atoms with Crippen LogP contribution in [0.1, 0.15) is 30.0 Å². The van der Waals surface area contributed by atoms with Crippen LogP contribution in [0.4, 0.5) is 5.69 Å². The van der Waals surface area contributed by atoms with E-state index in [9.17, 15) is 14.4 Å². The Morgan fingerprint density at radius 1 is 1.04 bits per heavy atom. The zero-order chi connectivity index (χ0) is 20.5. The number of hydrogen-bond acceptors (Lipinski definition) is 5. The lowest BCUT2D eigenvalue weighted by atomic mass is 10.1. The van der Waals surface area contributed by atoms with E-state index in [0.29, 0.717) is 17.0 Å². The molecule has 2 aromatic rings. The molecule has 0 aliphatic carbocycles. The summed E-state index contributed by atoms with van der Waals surface area (Å²) in [6.07, 6.45) is 1.54. The highest BCUT2D eigenvalue weighted by Gasteiger charge is 2.15. The molecule has 3 N–H and O–H groups in total. The molecule has 0 fully saturated rings. The van der Waals surface area contributed by atoms with Crippen molar-refractivity contribution in [3.63, 3.8) is 0 Å². The van der Waals surface area contributed by atoms with Crippen LogP contribution in [0.15, 0.2) is 47.1 Å². The van der Waals surface area contributed by atoms with Crippen LogP contribution in [-0.4, -0.2) is 48.8 Å². The summed E-state index contributed by atoms with van der Waals surface area (Å²) < 4.78 is 5.19. The topological polar surface area (TPSA) is 104 Å². The van der Waals surface area contributed by atoms with Gasteiger partial charge in [-0.1, -0.05) is 12.1 Å². The summed E-state index contributed by atoms with van der Waals surface area (Å²) >= 11 is 0. The number of likely N-dealkylation sites (N-methyl/N-ethyl adjacent to an activating group) is 1. The van der Waals surface area contributed by atoms with Crippen LogP contribution >= 0.6 is 0 Å². The smallest absolute Gasteiger partial charge is 0.253 e. The molecule has 1 aromatic heterocycles.